The number of aliphatic hydroxyl groups is 1. The minimum absolute atomic E-state index is 0.0303. The van der Waals surface area contributed by atoms with Crippen LogP contribution in [-0.2, 0) is 44.2 Å². The predicted molar refractivity (Wildman–Crippen MR) is 189 cm³/mol. The van der Waals surface area contributed by atoms with Gasteiger partial charge in [0.1, 0.15) is 0 Å². The fraction of sp³-hybridized carbons (Fsp3) is 0.447. The fourth-order valence-corrected chi connectivity index (χ4v) is 11.3. The Morgan fingerprint density at radius 3 is 2.49 bits per heavy atom. The lowest BCUT2D eigenvalue weighted by molar-refractivity contribution is -0.151. The van der Waals surface area contributed by atoms with Crippen molar-refractivity contribution < 1.29 is 29.0 Å². The number of carbonyl (C=O) groups is 3. The van der Waals surface area contributed by atoms with Gasteiger partial charge in [0.25, 0.3) is 5.91 Å². The first kappa shape index (κ1) is 33.6. The molecule has 4 N–H and O–H groups in total. The highest BCUT2D eigenvalue weighted by Gasteiger charge is 2.66. The van der Waals surface area contributed by atoms with E-state index in [-0.39, 0.29) is 42.8 Å². The zero-order chi connectivity index (χ0) is 34.5. The van der Waals surface area contributed by atoms with Crippen molar-refractivity contribution in [2.24, 2.45) is 5.92 Å². The summed E-state index contributed by atoms with van der Waals surface area (Å²) in [6.07, 6.45) is 1.49. The lowest BCUT2D eigenvalue weighted by atomic mass is 9.82. The van der Waals surface area contributed by atoms with E-state index >= 15 is 0 Å². The number of amides is 3. The molecule has 0 aromatic heterocycles. The lowest BCUT2D eigenvalue weighted by Crippen LogP contribution is -2.48. The third-order valence-corrected chi connectivity index (χ3v) is 13.6. The van der Waals surface area contributed by atoms with Crippen LogP contribution in [-0.4, -0.2) is 72.2 Å². The van der Waals surface area contributed by atoms with E-state index in [9.17, 15) is 24.3 Å². The number of rotatable bonds is 8. The Balaban J connectivity index is 1.25. The number of hydrogen-bond acceptors (Lipinski definition) is 7. The van der Waals surface area contributed by atoms with Crippen LogP contribution in [0.25, 0.3) is 0 Å². The Morgan fingerprint density at radius 1 is 1.06 bits per heavy atom. The monoisotopic (exact) mass is 682 g/mol. The molecule has 2 fully saturated rings. The molecule has 2 saturated heterocycles. The van der Waals surface area contributed by atoms with Crippen LogP contribution in [0.2, 0.25) is 18.6 Å². The third kappa shape index (κ3) is 6.01. The van der Waals surface area contributed by atoms with Gasteiger partial charge in [-0.1, -0.05) is 61.5 Å². The van der Waals surface area contributed by atoms with Gasteiger partial charge in [-0.3, -0.25) is 14.4 Å². The number of nitrogens with one attached hydrogen (secondary N) is 2. The van der Waals surface area contributed by atoms with E-state index in [1.807, 2.05) is 92.8 Å². The summed E-state index contributed by atoms with van der Waals surface area (Å²) < 4.78 is 6.98. The summed E-state index contributed by atoms with van der Waals surface area (Å²) >= 11 is 0. The second-order valence-corrected chi connectivity index (χ2v) is 18.6. The molecule has 0 saturated carbocycles. The first-order valence-corrected chi connectivity index (χ1v) is 20.5. The molecule has 6 atom stereocenters. The number of benzene rings is 3. The minimum Gasteiger partial charge on any atom is -0.432 e. The van der Waals surface area contributed by atoms with Crippen LogP contribution in [0.1, 0.15) is 48.4 Å². The molecule has 258 valence electrons. The van der Waals surface area contributed by atoms with Crippen LogP contribution in [0.5, 0.6) is 0 Å². The van der Waals surface area contributed by atoms with Crippen LogP contribution in [0.15, 0.2) is 72.8 Å². The van der Waals surface area contributed by atoms with Crippen molar-refractivity contribution in [1.82, 2.24) is 10.2 Å². The molecule has 0 unspecified atom stereocenters. The summed E-state index contributed by atoms with van der Waals surface area (Å²) in [4.78, 5) is 57.4. The van der Waals surface area contributed by atoms with Gasteiger partial charge in [0.15, 0.2) is 13.9 Å². The smallest absolute Gasteiger partial charge is 0.264 e. The zero-order valence-corrected chi connectivity index (χ0v) is 29.4. The highest BCUT2D eigenvalue weighted by molar-refractivity contribution is 6.71. The van der Waals surface area contributed by atoms with Gasteiger partial charge in [-0.2, -0.15) is 0 Å². The zero-order valence-electron chi connectivity index (χ0n) is 28.4. The largest absolute Gasteiger partial charge is 0.432 e. The van der Waals surface area contributed by atoms with Gasteiger partial charge in [0.2, 0.25) is 11.8 Å². The minimum atomic E-state index is -3.04. The molecule has 4 heterocycles. The molecule has 4 aliphatic rings. The molecule has 3 amide bonds. The van der Waals surface area contributed by atoms with E-state index in [4.69, 9.17) is 4.74 Å². The summed E-state index contributed by atoms with van der Waals surface area (Å²) in [5.74, 6) is -1.01. The van der Waals surface area contributed by atoms with E-state index in [0.29, 0.717) is 36.4 Å². The van der Waals surface area contributed by atoms with Gasteiger partial charge in [0.05, 0.1) is 43.4 Å². The Morgan fingerprint density at radius 2 is 1.80 bits per heavy atom. The van der Waals surface area contributed by atoms with Gasteiger partial charge < -0.3 is 35.1 Å². The van der Waals surface area contributed by atoms with Crippen molar-refractivity contribution in [3.63, 3.8) is 0 Å². The molecule has 3 aromatic carbocycles. The van der Waals surface area contributed by atoms with Crippen LogP contribution in [0.4, 0.5) is 11.4 Å². The average Bonchev–Trinajstić information content (AvgIpc) is 3.78. The Bertz CT molecular complexity index is 1740. The average molecular weight is 683 g/mol. The summed E-state index contributed by atoms with van der Waals surface area (Å²) in [5, 5.41) is 16.6. The molecule has 0 bridgehead atoms. The molecular formula is C38H46N4O6Si. The fourth-order valence-electron chi connectivity index (χ4n) is 8.75. The number of aliphatic hydroxyl groups excluding tert-OH is 1. The standard InChI is InChI=1S/C38H46N4O6Si/c1-24-35(49(2,3)47)33(20-34(44)41-22-27-13-8-7-12-26(27)18-29(41)23-43)48-38(24)30-19-28(40-36(45)31-14-9-17-39-31)15-16-32(30)42(37(38)46)21-25-10-5-4-6-11-25/h4-8,10-13,15-16,19,24,29,31,33,35,39,43,47H,9,14,17-18,20-23H2,1-3H3,(H,40,45)/t24-,29-,31+,33+,35-,38+/m0/s1. The molecule has 49 heavy (non-hydrogen) atoms. The van der Waals surface area contributed by atoms with E-state index < -0.39 is 31.5 Å². The lowest BCUT2D eigenvalue weighted by Gasteiger charge is -2.37. The summed E-state index contributed by atoms with van der Waals surface area (Å²) in [7, 11) is -3.04. The molecule has 11 heteroatoms. The molecule has 10 nitrogen and oxygen atoms in total. The van der Waals surface area contributed by atoms with E-state index in [1.165, 1.54) is 0 Å². The SMILES string of the molecule is C[C@H]1[C@H]([Si](C)(C)O)[C@@H](CC(=O)N2Cc3ccccc3C[C@H]2CO)O[C@]12C(=O)N(Cc1ccccc1)c1ccc(NC(=O)[C@H]3CCCN3)cc12. The Kier molecular flexibility index (Phi) is 8.99. The van der Waals surface area contributed by atoms with Crippen molar-refractivity contribution in [2.75, 3.05) is 23.4 Å². The quantitative estimate of drug-likeness (QED) is 0.264. The van der Waals surface area contributed by atoms with Crippen molar-refractivity contribution >= 4 is 37.4 Å². The number of carbonyl (C=O) groups excluding carboxylic acids is 3. The molecule has 1 spiro atoms. The molecule has 4 aliphatic heterocycles. The topological polar surface area (TPSA) is 131 Å². The highest BCUT2D eigenvalue weighted by atomic mass is 28.4. The van der Waals surface area contributed by atoms with Crippen molar-refractivity contribution in [2.45, 2.75) is 88.1 Å². The van der Waals surface area contributed by atoms with Crippen LogP contribution >= 0.6 is 0 Å². The molecule has 3 aromatic rings. The number of ether oxygens (including phenoxy) is 1. The summed E-state index contributed by atoms with van der Waals surface area (Å²) in [6, 6.07) is 22.6. The summed E-state index contributed by atoms with van der Waals surface area (Å²) in [5.41, 5.74) is 3.09. The molecule has 0 radical (unpaired) electrons. The van der Waals surface area contributed by atoms with Gasteiger partial charge in [-0.25, -0.2) is 0 Å². The normalized spacial score (nSPS) is 27.8. The van der Waals surface area contributed by atoms with Gasteiger partial charge in [0, 0.05) is 29.3 Å². The van der Waals surface area contributed by atoms with E-state index in [1.54, 1.807) is 9.80 Å². The van der Waals surface area contributed by atoms with E-state index in [2.05, 4.69) is 10.6 Å². The number of nitrogens with zero attached hydrogens (tertiary/aromatic N) is 2. The molecule has 0 aliphatic carbocycles. The van der Waals surface area contributed by atoms with Crippen LogP contribution in [0.3, 0.4) is 0 Å². The van der Waals surface area contributed by atoms with Crippen molar-refractivity contribution in [3.05, 3.63) is 95.1 Å². The third-order valence-electron chi connectivity index (χ3n) is 11.1. The predicted octanol–water partition coefficient (Wildman–Crippen LogP) is 4.06. The number of hydrogen-bond donors (Lipinski definition) is 4. The van der Waals surface area contributed by atoms with Crippen LogP contribution in [0, 0.1) is 5.92 Å². The van der Waals surface area contributed by atoms with Gasteiger partial charge in [-0.05, 0) is 73.8 Å². The molecule has 7 rings (SSSR count). The molecular weight excluding hydrogens is 637 g/mol. The van der Waals surface area contributed by atoms with E-state index in [0.717, 1.165) is 36.1 Å². The second-order valence-electron chi connectivity index (χ2n) is 14.6. The first-order chi connectivity index (χ1) is 23.5. The number of fused-ring (bicyclic) bond motifs is 3. The van der Waals surface area contributed by atoms with Crippen molar-refractivity contribution in [1.29, 1.82) is 0 Å². The van der Waals surface area contributed by atoms with Crippen molar-refractivity contribution in [3.8, 4) is 0 Å². The van der Waals surface area contributed by atoms with Gasteiger partial charge in [-0.15, -0.1) is 0 Å². The highest BCUT2D eigenvalue weighted by Crippen LogP contribution is 2.60. The Hall–Kier alpha value is -3.87. The first-order valence-electron chi connectivity index (χ1n) is 17.4. The van der Waals surface area contributed by atoms with Gasteiger partial charge >= 0.3 is 0 Å². The summed E-state index contributed by atoms with van der Waals surface area (Å²) in [6.45, 7) is 6.97. The maximum absolute atomic E-state index is 14.9. The van der Waals surface area contributed by atoms with Crippen LogP contribution < -0.4 is 15.5 Å². The maximum Gasteiger partial charge on any atom is 0.264 e. The Labute approximate surface area is 288 Å². The maximum atomic E-state index is 14.9. The second kappa shape index (κ2) is 13.1. The number of anilines is 2.